The molecule has 1 N–H and O–H groups in total. The van der Waals surface area contributed by atoms with Gasteiger partial charge >= 0.3 is 0 Å². The number of nitrogens with one attached hydrogen (secondary N) is 1. The van der Waals surface area contributed by atoms with Crippen molar-refractivity contribution >= 4 is 0 Å². The van der Waals surface area contributed by atoms with Crippen LogP contribution in [-0.4, -0.2) is 13.1 Å². The zero-order chi connectivity index (χ0) is 12.7. The fraction of sp³-hybridized carbons (Fsp3) is 0.647. The summed E-state index contributed by atoms with van der Waals surface area (Å²) in [4.78, 5) is 0. The summed E-state index contributed by atoms with van der Waals surface area (Å²) in [5.41, 5.74) is 3.27. The minimum absolute atomic E-state index is 0.714. The first-order valence-corrected chi connectivity index (χ1v) is 7.47. The van der Waals surface area contributed by atoms with Gasteiger partial charge in [0, 0.05) is 6.04 Å². The second-order valence-electron chi connectivity index (χ2n) is 6.53. The monoisotopic (exact) mass is 243 g/mol. The maximum atomic E-state index is 3.58. The predicted molar refractivity (Wildman–Crippen MR) is 76.8 cm³/mol. The molecule has 0 aliphatic heterocycles. The highest BCUT2D eigenvalue weighted by Gasteiger charge is 2.55. The molecular formula is C17H25N. The van der Waals surface area contributed by atoms with Crippen LogP contribution in [0.1, 0.15) is 43.7 Å². The molecule has 3 rings (SSSR count). The van der Waals surface area contributed by atoms with Crippen LogP contribution in [0.2, 0.25) is 0 Å². The molecule has 2 aliphatic carbocycles. The first-order chi connectivity index (χ1) is 8.72. The molecule has 1 aromatic rings. The zero-order valence-corrected chi connectivity index (χ0v) is 11.8. The Morgan fingerprint density at radius 2 is 2.06 bits per heavy atom. The van der Waals surface area contributed by atoms with Crippen molar-refractivity contribution < 1.29 is 0 Å². The Morgan fingerprint density at radius 1 is 1.28 bits per heavy atom. The minimum Gasteiger partial charge on any atom is -0.317 e. The molecule has 1 aromatic carbocycles. The summed E-state index contributed by atoms with van der Waals surface area (Å²) in [5.74, 6) is 3.49. The normalized spacial score (nSPS) is 30.8. The van der Waals surface area contributed by atoms with E-state index in [-0.39, 0.29) is 0 Å². The van der Waals surface area contributed by atoms with E-state index in [1.807, 2.05) is 0 Å². The van der Waals surface area contributed by atoms with Gasteiger partial charge in [0.1, 0.15) is 0 Å². The van der Waals surface area contributed by atoms with Gasteiger partial charge in [-0.2, -0.15) is 0 Å². The summed E-state index contributed by atoms with van der Waals surface area (Å²) < 4.78 is 0. The Kier molecular flexibility index (Phi) is 3.19. The van der Waals surface area contributed by atoms with Crippen molar-refractivity contribution in [1.82, 2.24) is 5.32 Å². The number of rotatable bonds is 4. The number of hydrogen-bond acceptors (Lipinski definition) is 1. The van der Waals surface area contributed by atoms with Crippen LogP contribution in [0.15, 0.2) is 24.3 Å². The van der Waals surface area contributed by atoms with Gasteiger partial charge in [-0.05, 0) is 61.1 Å². The highest BCUT2D eigenvalue weighted by Crippen LogP contribution is 2.61. The van der Waals surface area contributed by atoms with E-state index < -0.39 is 0 Å². The van der Waals surface area contributed by atoms with Crippen molar-refractivity contribution in [3.05, 3.63) is 35.4 Å². The first kappa shape index (κ1) is 12.2. The second-order valence-corrected chi connectivity index (χ2v) is 6.53. The third kappa shape index (κ3) is 1.99. The number of aryl methyl sites for hydroxylation is 1. The molecule has 0 spiro atoms. The Morgan fingerprint density at radius 3 is 2.78 bits per heavy atom. The molecule has 0 aromatic heterocycles. The Hall–Kier alpha value is -0.820. The summed E-state index contributed by atoms with van der Waals surface area (Å²) in [6.07, 6.45) is 4.02. The van der Waals surface area contributed by atoms with E-state index in [0.29, 0.717) is 6.04 Å². The maximum Gasteiger partial charge on any atom is 0.0104 e. The van der Waals surface area contributed by atoms with Crippen molar-refractivity contribution in [2.75, 3.05) is 7.05 Å². The van der Waals surface area contributed by atoms with Crippen LogP contribution in [0.3, 0.4) is 0 Å². The molecular weight excluding hydrogens is 218 g/mol. The molecule has 1 heteroatoms. The van der Waals surface area contributed by atoms with Gasteiger partial charge in [0.05, 0.1) is 0 Å². The van der Waals surface area contributed by atoms with E-state index in [4.69, 9.17) is 0 Å². The molecule has 2 aliphatic rings. The summed E-state index contributed by atoms with van der Waals surface area (Å²) in [6, 6.07) is 9.82. The molecule has 0 amide bonds. The Bertz CT molecular complexity index is 423. The number of fused-ring (bicyclic) bond motifs is 3. The molecule has 0 bridgehead atoms. The standard InChI is InChI=1S/C17H25N/c1-11(2)10-15(18-3)17-14-9-8-12-6-4-5-7-13(12)16(14)17/h4-7,11,14-18H,8-10H2,1-3H3. The van der Waals surface area contributed by atoms with E-state index in [9.17, 15) is 0 Å². The molecule has 1 saturated carbocycles. The summed E-state index contributed by atoms with van der Waals surface area (Å²) in [5, 5.41) is 3.58. The highest BCUT2D eigenvalue weighted by atomic mass is 14.9. The van der Waals surface area contributed by atoms with Gasteiger partial charge in [-0.3, -0.25) is 0 Å². The van der Waals surface area contributed by atoms with Gasteiger partial charge in [0.15, 0.2) is 0 Å². The van der Waals surface area contributed by atoms with Gasteiger partial charge in [-0.15, -0.1) is 0 Å². The second kappa shape index (κ2) is 4.70. The van der Waals surface area contributed by atoms with E-state index in [0.717, 1.165) is 23.7 Å². The molecule has 4 unspecified atom stereocenters. The van der Waals surface area contributed by atoms with E-state index in [1.54, 1.807) is 11.1 Å². The SMILES string of the molecule is CNC(CC(C)C)C1C2CCc3ccccc3C21. The lowest BCUT2D eigenvalue weighted by Gasteiger charge is -2.18. The Labute approximate surface area is 111 Å². The van der Waals surface area contributed by atoms with Crippen LogP contribution in [0.4, 0.5) is 0 Å². The van der Waals surface area contributed by atoms with Crippen molar-refractivity contribution in [1.29, 1.82) is 0 Å². The van der Waals surface area contributed by atoms with Crippen LogP contribution in [-0.2, 0) is 6.42 Å². The van der Waals surface area contributed by atoms with Gasteiger partial charge < -0.3 is 5.32 Å². The van der Waals surface area contributed by atoms with Crippen molar-refractivity contribution in [3.8, 4) is 0 Å². The summed E-state index contributed by atoms with van der Waals surface area (Å²) >= 11 is 0. The van der Waals surface area contributed by atoms with E-state index in [2.05, 4.69) is 50.5 Å². The molecule has 0 saturated heterocycles. The highest BCUT2D eigenvalue weighted by molar-refractivity contribution is 5.40. The molecule has 4 atom stereocenters. The smallest absolute Gasteiger partial charge is 0.0104 e. The lowest BCUT2D eigenvalue weighted by molar-refractivity contribution is 0.386. The van der Waals surface area contributed by atoms with Crippen molar-refractivity contribution in [3.63, 3.8) is 0 Å². The molecule has 1 fully saturated rings. The minimum atomic E-state index is 0.714. The number of hydrogen-bond donors (Lipinski definition) is 1. The van der Waals surface area contributed by atoms with Crippen LogP contribution in [0.5, 0.6) is 0 Å². The average Bonchev–Trinajstić information content (AvgIpc) is 3.10. The third-order valence-electron chi connectivity index (χ3n) is 4.95. The Balaban J connectivity index is 1.79. The number of benzene rings is 1. The lowest BCUT2D eigenvalue weighted by atomic mass is 9.92. The molecule has 98 valence electrons. The largest absolute Gasteiger partial charge is 0.317 e. The van der Waals surface area contributed by atoms with Crippen molar-refractivity contribution in [2.24, 2.45) is 17.8 Å². The van der Waals surface area contributed by atoms with Crippen LogP contribution in [0.25, 0.3) is 0 Å². The third-order valence-corrected chi connectivity index (χ3v) is 4.95. The molecule has 1 nitrogen and oxygen atoms in total. The van der Waals surface area contributed by atoms with Gasteiger partial charge in [-0.25, -0.2) is 0 Å². The maximum absolute atomic E-state index is 3.58. The van der Waals surface area contributed by atoms with Crippen LogP contribution in [0, 0.1) is 17.8 Å². The lowest BCUT2D eigenvalue weighted by Crippen LogP contribution is -2.30. The van der Waals surface area contributed by atoms with E-state index >= 15 is 0 Å². The predicted octanol–water partition coefficient (Wildman–Crippen LogP) is 3.60. The van der Waals surface area contributed by atoms with Gasteiger partial charge in [0.2, 0.25) is 0 Å². The quantitative estimate of drug-likeness (QED) is 0.852. The summed E-state index contributed by atoms with van der Waals surface area (Å²) in [6.45, 7) is 4.68. The first-order valence-electron chi connectivity index (χ1n) is 7.47. The van der Waals surface area contributed by atoms with Crippen molar-refractivity contribution in [2.45, 2.75) is 45.1 Å². The van der Waals surface area contributed by atoms with E-state index in [1.165, 1.54) is 19.3 Å². The molecule has 0 heterocycles. The van der Waals surface area contributed by atoms with Crippen LogP contribution >= 0.6 is 0 Å². The fourth-order valence-electron chi connectivity index (χ4n) is 4.14. The molecule has 0 radical (unpaired) electrons. The molecule has 18 heavy (non-hydrogen) atoms. The average molecular weight is 243 g/mol. The topological polar surface area (TPSA) is 12.0 Å². The zero-order valence-electron chi connectivity index (χ0n) is 11.8. The van der Waals surface area contributed by atoms with Gasteiger partial charge in [0.25, 0.3) is 0 Å². The fourth-order valence-corrected chi connectivity index (χ4v) is 4.14. The van der Waals surface area contributed by atoms with Crippen LogP contribution < -0.4 is 5.32 Å². The summed E-state index contributed by atoms with van der Waals surface area (Å²) in [7, 11) is 2.14. The van der Waals surface area contributed by atoms with Gasteiger partial charge in [-0.1, -0.05) is 38.1 Å².